The highest BCUT2D eigenvalue weighted by atomic mass is 32.2. The molecule has 0 spiro atoms. The van der Waals surface area contributed by atoms with Crippen LogP contribution in [0.4, 0.5) is 0 Å². The molecule has 4 nitrogen and oxygen atoms in total. The number of sulfone groups is 1. The molecule has 0 aromatic carbocycles. The monoisotopic (exact) mass is 236 g/mol. The molecule has 1 aliphatic carbocycles. The Hall–Kier alpha value is -0.130. The van der Waals surface area contributed by atoms with Crippen molar-refractivity contribution in [3.8, 4) is 0 Å². The van der Waals surface area contributed by atoms with Crippen LogP contribution in [0.15, 0.2) is 0 Å². The number of ether oxygens (including phenoxy) is 2. The summed E-state index contributed by atoms with van der Waals surface area (Å²) in [6.07, 6.45) is 4.16. The summed E-state index contributed by atoms with van der Waals surface area (Å²) in [5, 5.41) is -0.181. The number of methoxy groups -OCH3 is 2. The van der Waals surface area contributed by atoms with Gasteiger partial charge in [-0.1, -0.05) is 19.3 Å². The topological polar surface area (TPSA) is 52.6 Å². The van der Waals surface area contributed by atoms with Gasteiger partial charge in [0.05, 0.1) is 5.25 Å². The van der Waals surface area contributed by atoms with E-state index in [1.165, 1.54) is 14.2 Å². The first-order valence-corrected chi connectivity index (χ1v) is 7.09. The lowest BCUT2D eigenvalue weighted by molar-refractivity contribution is -0.0852. The highest BCUT2D eigenvalue weighted by Crippen LogP contribution is 2.24. The van der Waals surface area contributed by atoms with Crippen molar-refractivity contribution in [2.75, 3.05) is 20.0 Å². The highest BCUT2D eigenvalue weighted by Gasteiger charge is 2.29. The van der Waals surface area contributed by atoms with E-state index in [-0.39, 0.29) is 11.0 Å². The van der Waals surface area contributed by atoms with Crippen molar-refractivity contribution in [2.24, 2.45) is 0 Å². The van der Waals surface area contributed by atoms with Gasteiger partial charge in [0.2, 0.25) is 0 Å². The predicted molar refractivity (Wildman–Crippen MR) is 58.5 cm³/mol. The van der Waals surface area contributed by atoms with E-state index in [2.05, 4.69) is 0 Å². The van der Waals surface area contributed by atoms with Gasteiger partial charge in [0.25, 0.3) is 0 Å². The summed E-state index contributed by atoms with van der Waals surface area (Å²) in [6.45, 7) is 0. The minimum atomic E-state index is -3.06. The quantitative estimate of drug-likeness (QED) is 0.676. The minimum Gasteiger partial charge on any atom is -0.355 e. The first-order valence-electron chi connectivity index (χ1n) is 5.37. The molecular formula is C10H20O4S. The van der Waals surface area contributed by atoms with Crippen molar-refractivity contribution in [2.45, 2.75) is 43.6 Å². The Morgan fingerprint density at radius 3 is 2.13 bits per heavy atom. The summed E-state index contributed by atoms with van der Waals surface area (Å²) in [4.78, 5) is 0. The first kappa shape index (κ1) is 12.9. The Kier molecular flexibility index (Phi) is 5.02. The lowest BCUT2D eigenvalue weighted by atomic mass is 10.0. The first-order chi connectivity index (χ1) is 7.10. The molecule has 0 amide bonds. The summed E-state index contributed by atoms with van der Waals surface area (Å²) in [6, 6.07) is 0. The predicted octanol–water partition coefficient (Wildman–Crippen LogP) is 1.35. The maximum absolute atomic E-state index is 12.0. The average molecular weight is 236 g/mol. The van der Waals surface area contributed by atoms with Gasteiger partial charge in [0.15, 0.2) is 16.1 Å². The van der Waals surface area contributed by atoms with E-state index in [9.17, 15) is 8.42 Å². The van der Waals surface area contributed by atoms with E-state index in [0.717, 1.165) is 32.1 Å². The zero-order chi connectivity index (χ0) is 11.3. The van der Waals surface area contributed by atoms with Crippen LogP contribution in [0.3, 0.4) is 0 Å². The van der Waals surface area contributed by atoms with E-state index in [1.54, 1.807) is 0 Å². The molecule has 1 saturated carbocycles. The van der Waals surface area contributed by atoms with Gasteiger partial charge in [-0.3, -0.25) is 0 Å². The molecule has 0 atom stereocenters. The van der Waals surface area contributed by atoms with Crippen LogP contribution in [0, 0.1) is 0 Å². The summed E-state index contributed by atoms with van der Waals surface area (Å²) in [5.41, 5.74) is 0. The molecule has 0 bridgehead atoms. The van der Waals surface area contributed by atoms with E-state index in [0.29, 0.717) is 0 Å². The third-order valence-corrected chi connectivity index (χ3v) is 5.18. The van der Waals surface area contributed by atoms with Crippen LogP contribution in [0.5, 0.6) is 0 Å². The van der Waals surface area contributed by atoms with Crippen LogP contribution in [-0.4, -0.2) is 39.9 Å². The zero-order valence-electron chi connectivity index (χ0n) is 9.44. The molecule has 1 fully saturated rings. The highest BCUT2D eigenvalue weighted by molar-refractivity contribution is 7.92. The van der Waals surface area contributed by atoms with Gasteiger partial charge in [0.1, 0.15) is 5.75 Å². The van der Waals surface area contributed by atoms with Crippen molar-refractivity contribution in [3.05, 3.63) is 0 Å². The van der Waals surface area contributed by atoms with E-state index < -0.39 is 16.1 Å². The average Bonchev–Trinajstić information content (AvgIpc) is 2.27. The maximum Gasteiger partial charge on any atom is 0.170 e. The second kappa shape index (κ2) is 5.82. The SMILES string of the molecule is COC(CS(=O)(=O)C1CCCCC1)OC. The molecule has 1 aliphatic rings. The van der Waals surface area contributed by atoms with Gasteiger partial charge in [0, 0.05) is 14.2 Å². The van der Waals surface area contributed by atoms with Crippen LogP contribution >= 0.6 is 0 Å². The standard InChI is InChI=1S/C10H20O4S/c1-13-10(14-2)8-15(11,12)9-6-4-3-5-7-9/h9-10H,3-8H2,1-2H3. The molecule has 0 heterocycles. The van der Waals surface area contributed by atoms with Crippen LogP contribution < -0.4 is 0 Å². The van der Waals surface area contributed by atoms with Crippen molar-refractivity contribution < 1.29 is 17.9 Å². The molecule has 15 heavy (non-hydrogen) atoms. The van der Waals surface area contributed by atoms with Gasteiger partial charge < -0.3 is 9.47 Å². The Labute approximate surface area is 91.9 Å². The molecule has 0 aromatic rings. The smallest absolute Gasteiger partial charge is 0.170 e. The Morgan fingerprint density at radius 1 is 1.13 bits per heavy atom. The molecule has 0 aliphatic heterocycles. The Morgan fingerprint density at radius 2 is 1.67 bits per heavy atom. The minimum absolute atomic E-state index is 0.0231. The second-order valence-electron chi connectivity index (χ2n) is 3.99. The Balaban J connectivity index is 2.56. The van der Waals surface area contributed by atoms with Crippen molar-refractivity contribution in [3.63, 3.8) is 0 Å². The third kappa shape index (κ3) is 3.74. The van der Waals surface area contributed by atoms with Gasteiger partial charge in [-0.25, -0.2) is 8.42 Å². The van der Waals surface area contributed by atoms with Gasteiger partial charge >= 0.3 is 0 Å². The number of hydrogen-bond acceptors (Lipinski definition) is 4. The molecule has 5 heteroatoms. The Bertz CT molecular complexity index is 263. The summed E-state index contributed by atoms with van der Waals surface area (Å²) < 4.78 is 33.8. The summed E-state index contributed by atoms with van der Waals surface area (Å²) >= 11 is 0. The summed E-state index contributed by atoms with van der Waals surface area (Å²) in [5.74, 6) is -0.0231. The molecule has 90 valence electrons. The van der Waals surface area contributed by atoms with E-state index >= 15 is 0 Å². The van der Waals surface area contributed by atoms with Crippen LogP contribution in [0.2, 0.25) is 0 Å². The third-order valence-electron chi connectivity index (χ3n) is 2.95. The largest absolute Gasteiger partial charge is 0.355 e. The fourth-order valence-electron chi connectivity index (χ4n) is 1.98. The lowest BCUT2D eigenvalue weighted by Crippen LogP contribution is -2.33. The zero-order valence-corrected chi connectivity index (χ0v) is 10.3. The van der Waals surface area contributed by atoms with Gasteiger partial charge in [-0.05, 0) is 12.8 Å². The van der Waals surface area contributed by atoms with Crippen LogP contribution in [0.1, 0.15) is 32.1 Å². The van der Waals surface area contributed by atoms with E-state index in [4.69, 9.17) is 9.47 Å². The van der Waals surface area contributed by atoms with Gasteiger partial charge in [-0.2, -0.15) is 0 Å². The lowest BCUT2D eigenvalue weighted by Gasteiger charge is -2.23. The molecule has 0 radical (unpaired) electrons. The van der Waals surface area contributed by atoms with Crippen molar-refractivity contribution in [1.82, 2.24) is 0 Å². The fourth-order valence-corrected chi connectivity index (χ4v) is 3.96. The molecule has 0 N–H and O–H groups in total. The molecule has 0 unspecified atom stereocenters. The number of hydrogen-bond donors (Lipinski definition) is 0. The van der Waals surface area contributed by atoms with Crippen molar-refractivity contribution in [1.29, 1.82) is 0 Å². The normalized spacial score (nSPS) is 19.7. The number of rotatable bonds is 5. The van der Waals surface area contributed by atoms with Gasteiger partial charge in [-0.15, -0.1) is 0 Å². The van der Waals surface area contributed by atoms with Crippen molar-refractivity contribution >= 4 is 9.84 Å². The maximum atomic E-state index is 12.0. The summed E-state index contributed by atoms with van der Waals surface area (Å²) in [7, 11) is -0.131. The van der Waals surface area contributed by atoms with Crippen LogP contribution in [-0.2, 0) is 19.3 Å². The van der Waals surface area contributed by atoms with Crippen LogP contribution in [0.25, 0.3) is 0 Å². The second-order valence-corrected chi connectivity index (χ2v) is 6.32. The molecule has 0 aromatic heterocycles. The fraction of sp³-hybridized carbons (Fsp3) is 1.00. The molecular weight excluding hydrogens is 216 g/mol. The molecule has 1 rings (SSSR count). The molecule has 0 saturated heterocycles. The van der Waals surface area contributed by atoms with E-state index in [1.807, 2.05) is 0 Å².